The SMILES string of the molecule is O=C(c1cncnc1)c1cc([C@@H](O)C2CCCCC2)c(Cl)s1. The van der Waals surface area contributed by atoms with Gasteiger partial charge in [0.25, 0.3) is 0 Å². The van der Waals surface area contributed by atoms with Crippen molar-refractivity contribution >= 4 is 28.7 Å². The molecule has 0 amide bonds. The Morgan fingerprint density at radius 2 is 1.95 bits per heavy atom. The predicted molar refractivity (Wildman–Crippen MR) is 86.3 cm³/mol. The minimum atomic E-state index is -0.586. The summed E-state index contributed by atoms with van der Waals surface area (Å²) in [5.41, 5.74) is 1.11. The Hall–Kier alpha value is -1.30. The van der Waals surface area contributed by atoms with Gasteiger partial charge in [-0.2, -0.15) is 0 Å². The van der Waals surface area contributed by atoms with E-state index in [1.807, 2.05) is 0 Å². The van der Waals surface area contributed by atoms with Crippen LogP contribution >= 0.6 is 22.9 Å². The second kappa shape index (κ2) is 6.86. The number of aliphatic hydroxyl groups is 1. The van der Waals surface area contributed by atoms with Crippen molar-refractivity contribution in [2.24, 2.45) is 5.92 Å². The molecule has 6 heteroatoms. The van der Waals surface area contributed by atoms with Crippen LogP contribution in [0.5, 0.6) is 0 Å². The third kappa shape index (κ3) is 3.21. The summed E-state index contributed by atoms with van der Waals surface area (Å²) < 4.78 is 0.498. The van der Waals surface area contributed by atoms with Gasteiger partial charge >= 0.3 is 0 Å². The maximum Gasteiger partial charge on any atom is 0.206 e. The molecule has 1 aliphatic carbocycles. The Labute approximate surface area is 138 Å². The van der Waals surface area contributed by atoms with E-state index in [4.69, 9.17) is 11.6 Å². The number of hydrogen-bond donors (Lipinski definition) is 1. The molecule has 0 bridgehead atoms. The molecule has 1 fully saturated rings. The van der Waals surface area contributed by atoms with E-state index in [1.165, 1.54) is 36.5 Å². The summed E-state index contributed by atoms with van der Waals surface area (Å²) >= 11 is 7.48. The number of thiophene rings is 1. The zero-order valence-electron chi connectivity index (χ0n) is 12.0. The molecule has 116 valence electrons. The van der Waals surface area contributed by atoms with Crippen LogP contribution in [0.15, 0.2) is 24.8 Å². The number of carbonyl (C=O) groups is 1. The Balaban J connectivity index is 1.83. The molecule has 0 saturated heterocycles. The van der Waals surface area contributed by atoms with Crippen molar-refractivity contribution in [2.45, 2.75) is 38.2 Å². The summed E-state index contributed by atoms with van der Waals surface area (Å²) in [6.07, 6.45) is 9.34. The minimum Gasteiger partial charge on any atom is -0.388 e. The van der Waals surface area contributed by atoms with Gasteiger partial charge in [0, 0.05) is 18.0 Å². The molecule has 1 saturated carbocycles. The second-order valence-electron chi connectivity index (χ2n) is 5.64. The highest BCUT2D eigenvalue weighted by molar-refractivity contribution is 7.18. The van der Waals surface area contributed by atoms with Gasteiger partial charge in [-0.05, 0) is 24.8 Å². The van der Waals surface area contributed by atoms with Gasteiger partial charge in [-0.1, -0.05) is 30.9 Å². The van der Waals surface area contributed by atoms with E-state index in [0.717, 1.165) is 25.7 Å². The summed E-state index contributed by atoms with van der Waals surface area (Å²) in [6.45, 7) is 0. The van der Waals surface area contributed by atoms with Crippen LogP contribution in [0, 0.1) is 5.92 Å². The molecule has 0 aromatic carbocycles. The van der Waals surface area contributed by atoms with Gasteiger partial charge in [0.2, 0.25) is 5.78 Å². The lowest BCUT2D eigenvalue weighted by Gasteiger charge is -2.26. The molecule has 0 aliphatic heterocycles. The fourth-order valence-electron chi connectivity index (χ4n) is 2.96. The quantitative estimate of drug-likeness (QED) is 0.856. The number of rotatable bonds is 4. The van der Waals surface area contributed by atoms with Crippen molar-refractivity contribution in [2.75, 3.05) is 0 Å². The normalized spacial score (nSPS) is 17.4. The summed E-state index contributed by atoms with van der Waals surface area (Å²) in [4.78, 5) is 20.6. The standard InChI is InChI=1S/C16H17ClN2O2S/c17-16-12(14(20)10-4-2-1-3-5-10)6-13(22-16)15(21)11-7-18-9-19-8-11/h6-10,14,20H,1-5H2/t14-/m0/s1. The Morgan fingerprint density at radius 1 is 1.27 bits per heavy atom. The maximum absolute atomic E-state index is 12.4. The number of ketones is 1. The van der Waals surface area contributed by atoms with Gasteiger partial charge in [0.1, 0.15) is 6.33 Å². The second-order valence-corrected chi connectivity index (χ2v) is 7.29. The first-order valence-electron chi connectivity index (χ1n) is 7.44. The van der Waals surface area contributed by atoms with Crippen LogP contribution in [0.4, 0.5) is 0 Å². The molecule has 1 aliphatic rings. The van der Waals surface area contributed by atoms with Crippen molar-refractivity contribution in [3.05, 3.63) is 45.1 Å². The van der Waals surface area contributed by atoms with Crippen LogP contribution in [0.2, 0.25) is 4.34 Å². The highest BCUT2D eigenvalue weighted by Crippen LogP contribution is 2.40. The average Bonchev–Trinajstić information content (AvgIpc) is 2.97. The zero-order valence-corrected chi connectivity index (χ0v) is 13.6. The van der Waals surface area contributed by atoms with E-state index >= 15 is 0 Å². The van der Waals surface area contributed by atoms with Gasteiger partial charge in [-0.25, -0.2) is 9.97 Å². The lowest BCUT2D eigenvalue weighted by molar-refractivity contribution is 0.0852. The third-order valence-corrected chi connectivity index (χ3v) is 5.56. The van der Waals surface area contributed by atoms with Gasteiger partial charge < -0.3 is 5.11 Å². The topological polar surface area (TPSA) is 63.1 Å². The minimum absolute atomic E-state index is 0.158. The van der Waals surface area contributed by atoms with E-state index in [2.05, 4.69) is 9.97 Å². The van der Waals surface area contributed by atoms with Crippen LogP contribution in [0.25, 0.3) is 0 Å². The lowest BCUT2D eigenvalue weighted by atomic mass is 9.83. The van der Waals surface area contributed by atoms with E-state index in [9.17, 15) is 9.90 Å². The maximum atomic E-state index is 12.4. The van der Waals surface area contributed by atoms with Crippen LogP contribution in [-0.2, 0) is 0 Å². The molecule has 4 nitrogen and oxygen atoms in total. The number of halogens is 1. The number of aliphatic hydroxyl groups excluding tert-OH is 1. The molecule has 1 N–H and O–H groups in total. The van der Waals surface area contributed by atoms with Crippen molar-refractivity contribution in [1.82, 2.24) is 9.97 Å². The fourth-order valence-corrected chi connectivity index (χ4v) is 4.26. The first-order chi connectivity index (χ1) is 10.7. The summed E-state index contributed by atoms with van der Waals surface area (Å²) in [5.74, 6) is 0.0819. The van der Waals surface area contributed by atoms with Gasteiger partial charge in [-0.15, -0.1) is 11.3 Å². The number of hydrogen-bond acceptors (Lipinski definition) is 5. The first kappa shape index (κ1) is 15.6. The fraction of sp³-hybridized carbons (Fsp3) is 0.438. The van der Waals surface area contributed by atoms with E-state index in [-0.39, 0.29) is 11.7 Å². The summed E-state index contributed by atoms with van der Waals surface area (Å²) in [7, 11) is 0. The highest BCUT2D eigenvalue weighted by atomic mass is 35.5. The largest absolute Gasteiger partial charge is 0.388 e. The number of aromatic nitrogens is 2. The molecule has 2 aromatic rings. The van der Waals surface area contributed by atoms with Crippen molar-refractivity contribution < 1.29 is 9.90 Å². The monoisotopic (exact) mass is 336 g/mol. The molecule has 0 radical (unpaired) electrons. The van der Waals surface area contributed by atoms with Crippen molar-refractivity contribution in [3.63, 3.8) is 0 Å². The molecule has 0 unspecified atom stereocenters. The third-order valence-electron chi connectivity index (χ3n) is 4.17. The highest BCUT2D eigenvalue weighted by Gasteiger charge is 2.27. The average molecular weight is 337 g/mol. The van der Waals surface area contributed by atoms with Gasteiger partial charge in [-0.3, -0.25) is 4.79 Å². The lowest BCUT2D eigenvalue weighted by Crippen LogP contribution is -2.15. The molecule has 2 aromatic heterocycles. The van der Waals surface area contributed by atoms with E-state index in [0.29, 0.717) is 20.3 Å². The summed E-state index contributed by atoms with van der Waals surface area (Å²) in [6, 6.07) is 1.72. The molecule has 3 rings (SSSR count). The van der Waals surface area contributed by atoms with Crippen LogP contribution in [-0.4, -0.2) is 20.9 Å². The Bertz CT molecular complexity index is 653. The molecular formula is C16H17ClN2O2S. The summed E-state index contributed by atoms with van der Waals surface area (Å²) in [5, 5.41) is 10.6. The van der Waals surface area contributed by atoms with Crippen LogP contribution < -0.4 is 0 Å². The molecular weight excluding hydrogens is 320 g/mol. The van der Waals surface area contributed by atoms with Crippen LogP contribution in [0.1, 0.15) is 59.0 Å². The van der Waals surface area contributed by atoms with E-state index < -0.39 is 6.10 Å². The molecule has 0 spiro atoms. The number of nitrogens with zero attached hydrogens (tertiary/aromatic N) is 2. The zero-order chi connectivity index (χ0) is 15.5. The first-order valence-corrected chi connectivity index (χ1v) is 8.63. The number of carbonyl (C=O) groups excluding carboxylic acids is 1. The smallest absolute Gasteiger partial charge is 0.206 e. The van der Waals surface area contributed by atoms with Gasteiger partial charge in [0.05, 0.1) is 20.9 Å². The predicted octanol–water partition coefficient (Wildman–Crippen LogP) is 4.04. The van der Waals surface area contributed by atoms with Crippen molar-refractivity contribution in [1.29, 1.82) is 0 Å². The van der Waals surface area contributed by atoms with E-state index in [1.54, 1.807) is 6.07 Å². The molecule has 22 heavy (non-hydrogen) atoms. The molecule has 1 atom stereocenters. The Morgan fingerprint density at radius 3 is 2.64 bits per heavy atom. The molecule has 2 heterocycles. The van der Waals surface area contributed by atoms with Gasteiger partial charge in [0.15, 0.2) is 0 Å². The Kier molecular flexibility index (Phi) is 4.86. The van der Waals surface area contributed by atoms with Crippen molar-refractivity contribution in [3.8, 4) is 0 Å². The van der Waals surface area contributed by atoms with Crippen LogP contribution in [0.3, 0.4) is 0 Å².